The van der Waals surface area contributed by atoms with Crippen molar-refractivity contribution in [2.24, 2.45) is 0 Å². The molecule has 162 valence electrons. The van der Waals surface area contributed by atoms with Crippen LogP contribution in [0.25, 0.3) is 0 Å². The number of hydrogen-bond acceptors (Lipinski definition) is 3. The van der Waals surface area contributed by atoms with Crippen LogP contribution in [0.5, 0.6) is 0 Å². The summed E-state index contributed by atoms with van der Waals surface area (Å²) in [7, 11) is -3.68. The van der Waals surface area contributed by atoms with Crippen LogP contribution in [-0.2, 0) is 23.1 Å². The Balaban J connectivity index is 1.79. The highest BCUT2D eigenvalue weighted by Gasteiger charge is 2.17. The molecule has 0 aliphatic rings. The molecule has 0 spiro atoms. The van der Waals surface area contributed by atoms with Crippen molar-refractivity contribution < 1.29 is 13.2 Å². The van der Waals surface area contributed by atoms with Gasteiger partial charge in [-0.1, -0.05) is 60.7 Å². The minimum absolute atomic E-state index is 0.00906. The summed E-state index contributed by atoms with van der Waals surface area (Å²) in [4.78, 5) is 14.7. The number of rotatable bonds is 8. The van der Waals surface area contributed by atoms with Crippen LogP contribution in [0.3, 0.4) is 0 Å². The first-order valence-corrected chi connectivity index (χ1v) is 11.6. The van der Waals surface area contributed by atoms with Crippen LogP contribution in [0.4, 0.5) is 10.5 Å². The number of nitrogens with one attached hydrogen (secondary N) is 2. The number of amides is 2. The van der Waals surface area contributed by atoms with Crippen LogP contribution in [0.1, 0.15) is 25.0 Å². The second kappa shape index (κ2) is 10.1. The standard InChI is InChI=1S/C24H27N3O3S/c1-19(2)25-24(28)27(17-20-10-5-3-6-11-20)18-21-12-9-13-22(16-21)26-31(29,30)23-14-7-4-8-15-23/h3-16,19,26H,17-18H2,1-2H3,(H,25,28). The van der Waals surface area contributed by atoms with Crippen molar-refractivity contribution >= 4 is 21.7 Å². The Hall–Kier alpha value is -3.32. The monoisotopic (exact) mass is 437 g/mol. The van der Waals surface area contributed by atoms with Crippen LogP contribution in [0.2, 0.25) is 0 Å². The van der Waals surface area contributed by atoms with E-state index < -0.39 is 10.0 Å². The summed E-state index contributed by atoms with van der Waals surface area (Å²) in [5.41, 5.74) is 2.29. The number of hydrogen-bond donors (Lipinski definition) is 2. The molecule has 2 amide bonds. The van der Waals surface area contributed by atoms with E-state index in [2.05, 4.69) is 10.0 Å². The Morgan fingerprint density at radius 1 is 0.839 bits per heavy atom. The van der Waals surface area contributed by atoms with E-state index in [9.17, 15) is 13.2 Å². The van der Waals surface area contributed by atoms with E-state index in [1.165, 1.54) is 0 Å². The molecule has 7 heteroatoms. The van der Waals surface area contributed by atoms with Gasteiger partial charge in [0.1, 0.15) is 0 Å². The first kappa shape index (κ1) is 22.4. The molecule has 2 N–H and O–H groups in total. The van der Waals surface area contributed by atoms with Crippen LogP contribution < -0.4 is 10.0 Å². The summed E-state index contributed by atoms with van der Waals surface area (Å²) >= 11 is 0. The van der Waals surface area contributed by atoms with Gasteiger partial charge in [-0.3, -0.25) is 4.72 Å². The summed E-state index contributed by atoms with van der Waals surface area (Å²) in [6.07, 6.45) is 0. The van der Waals surface area contributed by atoms with E-state index in [1.54, 1.807) is 53.4 Å². The first-order valence-electron chi connectivity index (χ1n) is 10.1. The third-order valence-electron chi connectivity index (χ3n) is 4.52. The molecule has 0 atom stereocenters. The summed E-state index contributed by atoms with van der Waals surface area (Å²) in [6.45, 7) is 4.61. The normalized spacial score (nSPS) is 11.2. The summed E-state index contributed by atoms with van der Waals surface area (Å²) in [5, 5.41) is 2.93. The van der Waals surface area contributed by atoms with Gasteiger partial charge in [-0.05, 0) is 49.2 Å². The average Bonchev–Trinajstić information content (AvgIpc) is 2.74. The molecule has 6 nitrogen and oxygen atoms in total. The zero-order valence-electron chi connectivity index (χ0n) is 17.7. The Bertz CT molecular complexity index is 1100. The van der Waals surface area contributed by atoms with Crippen molar-refractivity contribution in [2.75, 3.05) is 4.72 Å². The molecular weight excluding hydrogens is 410 g/mol. The van der Waals surface area contributed by atoms with E-state index in [-0.39, 0.29) is 17.0 Å². The predicted octanol–water partition coefficient (Wildman–Crippen LogP) is 4.61. The Morgan fingerprint density at radius 2 is 1.42 bits per heavy atom. The molecule has 0 aromatic heterocycles. The second-order valence-electron chi connectivity index (χ2n) is 7.56. The topological polar surface area (TPSA) is 78.5 Å². The molecule has 0 unspecified atom stereocenters. The van der Waals surface area contributed by atoms with Gasteiger partial charge in [-0.15, -0.1) is 0 Å². The van der Waals surface area contributed by atoms with Gasteiger partial charge in [0, 0.05) is 24.8 Å². The molecule has 3 aromatic carbocycles. The zero-order valence-corrected chi connectivity index (χ0v) is 18.5. The van der Waals surface area contributed by atoms with E-state index >= 15 is 0 Å². The predicted molar refractivity (Wildman–Crippen MR) is 123 cm³/mol. The molecule has 0 radical (unpaired) electrons. The van der Waals surface area contributed by atoms with Gasteiger partial charge in [-0.25, -0.2) is 13.2 Å². The number of anilines is 1. The van der Waals surface area contributed by atoms with E-state index in [0.717, 1.165) is 11.1 Å². The Kier molecular flexibility index (Phi) is 7.31. The number of sulfonamides is 1. The van der Waals surface area contributed by atoms with Gasteiger partial charge in [0.15, 0.2) is 0 Å². The zero-order chi connectivity index (χ0) is 22.3. The highest BCUT2D eigenvalue weighted by atomic mass is 32.2. The maximum atomic E-state index is 12.8. The average molecular weight is 438 g/mol. The molecule has 31 heavy (non-hydrogen) atoms. The van der Waals surface area contributed by atoms with Crippen LogP contribution in [-0.4, -0.2) is 25.4 Å². The minimum Gasteiger partial charge on any atom is -0.336 e. The lowest BCUT2D eigenvalue weighted by Gasteiger charge is -2.25. The van der Waals surface area contributed by atoms with Crippen LogP contribution in [0.15, 0.2) is 89.8 Å². The fourth-order valence-electron chi connectivity index (χ4n) is 3.11. The second-order valence-corrected chi connectivity index (χ2v) is 9.25. The lowest BCUT2D eigenvalue weighted by atomic mass is 10.1. The van der Waals surface area contributed by atoms with E-state index in [1.807, 2.05) is 50.2 Å². The maximum absolute atomic E-state index is 12.8. The molecular formula is C24H27N3O3S. The fraction of sp³-hybridized carbons (Fsp3) is 0.208. The number of urea groups is 1. The van der Waals surface area contributed by atoms with Crippen molar-refractivity contribution in [1.82, 2.24) is 10.2 Å². The number of benzene rings is 3. The third-order valence-corrected chi connectivity index (χ3v) is 5.92. The molecule has 0 aliphatic heterocycles. The van der Waals surface area contributed by atoms with Crippen molar-refractivity contribution in [3.05, 3.63) is 96.1 Å². The van der Waals surface area contributed by atoms with Crippen molar-refractivity contribution in [1.29, 1.82) is 0 Å². The summed E-state index contributed by atoms with van der Waals surface area (Å²) in [5.74, 6) is 0. The maximum Gasteiger partial charge on any atom is 0.318 e. The van der Waals surface area contributed by atoms with Crippen molar-refractivity contribution in [3.8, 4) is 0 Å². The van der Waals surface area contributed by atoms with Crippen LogP contribution >= 0.6 is 0 Å². The quantitative estimate of drug-likeness (QED) is 0.540. The fourth-order valence-corrected chi connectivity index (χ4v) is 4.18. The molecule has 0 heterocycles. The lowest BCUT2D eigenvalue weighted by molar-refractivity contribution is 0.189. The van der Waals surface area contributed by atoms with E-state index in [0.29, 0.717) is 18.8 Å². The third kappa shape index (κ3) is 6.58. The molecule has 0 aliphatic carbocycles. The Labute approximate surface area is 184 Å². The number of carbonyl (C=O) groups is 1. The lowest BCUT2D eigenvalue weighted by Crippen LogP contribution is -2.42. The van der Waals surface area contributed by atoms with E-state index in [4.69, 9.17) is 0 Å². The van der Waals surface area contributed by atoms with Gasteiger partial charge >= 0.3 is 6.03 Å². The van der Waals surface area contributed by atoms with Gasteiger partial charge in [0.05, 0.1) is 4.90 Å². The van der Waals surface area contributed by atoms with Crippen LogP contribution in [0, 0.1) is 0 Å². The Morgan fingerprint density at radius 3 is 2.06 bits per heavy atom. The van der Waals surface area contributed by atoms with Crippen molar-refractivity contribution in [3.63, 3.8) is 0 Å². The van der Waals surface area contributed by atoms with Gasteiger partial charge in [0.25, 0.3) is 10.0 Å². The summed E-state index contributed by atoms with van der Waals surface area (Å²) in [6, 6.07) is 24.9. The molecule has 0 fully saturated rings. The molecule has 0 saturated heterocycles. The van der Waals surface area contributed by atoms with Gasteiger partial charge in [0.2, 0.25) is 0 Å². The number of nitrogens with zero attached hydrogens (tertiary/aromatic N) is 1. The molecule has 3 rings (SSSR count). The number of carbonyl (C=O) groups excluding carboxylic acids is 1. The van der Waals surface area contributed by atoms with Gasteiger partial charge in [-0.2, -0.15) is 0 Å². The molecule has 3 aromatic rings. The van der Waals surface area contributed by atoms with Gasteiger partial charge < -0.3 is 10.2 Å². The van der Waals surface area contributed by atoms with Crippen molar-refractivity contribution in [2.45, 2.75) is 37.9 Å². The summed E-state index contributed by atoms with van der Waals surface area (Å²) < 4.78 is 27.9. The highest BCUT2D eigenvalue weighted by molar-refractivity contribution is 7.92. The first-order chi connectivity index (χ1) is 14.8. The molecule has 0 saturated carbocycles. The largest absolute Gasteiger partial charge is 0.336 e. The smallest absolute Gasteiger partial charge is 0.318 e. The minimum atomic E-state index is -3.68. The highest BCUT2D eigenvalue weighted by Crippen LogP contribution is 2.19. The molecule has 0 bridgehead atoms. The SMILES string of the molecule is CC(C)NC(=O)N(Cc1ccccc1)Cc1cccc(NS(=O)(=O)c2ccccc2)c1.